The molecule has 1 heterocycles. The summed E-state index contributed by atoms with van der Waals surface area (Å²) in [7, 11) is 0. The van der Waals surface area contributed by atoms with Crippen LogP contribution in [-0.4, -0.2) is 15.7 Å². The van der Waals surface area contributed by atoms with Gasteiger partial charge in [0.1, 0.15) is 12.4 Å². The highest BCUT2D eigenvalue weighted by Crippen LogP contribution is 2.38. The third-order valence-corrected chi connectivity index (χ3v) is 5.56. The lowest BCUT2D eigenvalue weighted by Crippen LogP contribution is -2.46. The van der Waals surface area contributed by atoms with Gasteiger partial charge in [-0.1, -0.05) is 43.2 Å². The number of amides is 1. The SMILES string of the molecule is Cc1nn(CC(=O)NC2(c3cccc(F)c3)CCCC2)c(=O)c2ccccc12. The predicted octanol–water partition coefficient (Wildman–Crippen LogP) is 3.43. The normalized spacial score (nSPS) is 15.6. The van der Waals surface area contributed by atoms with Crippen LogP contribution < -0.4 is 10.9 Å². The van der Waals surface area contributed by atoms with Gasteiger partial charge in [-0.2, -0.15) is 5.10 Å². The molecule has 0 atom stereocenters. The Labute approximate surface area is 162 Å². The topological polar surface area (TPSA) is 64.0 Å². The van der Waals surface area contributed by atoms with Gasteiger partial charge in [-0.15, -0.1) is 0 Å². The molecule has 0 bridgehead atoms. The number of aryl methyl sites for hydroxylation is 1. The van der Waals surface area contributed by atoms with Crippen molar-refractivity contribution in [3.05, 3.63) is 76.0 Å². The summed E-state index contributed by atoms with van der Waals surface area (Å²) in [6.45, 7) is 1.66. The summed E-state index contributed by atoms with van der Waals surface area (Å²) in [5.74, 6) is -0.614. The van der Waals surface area contributed by atoms with Crippen molar-refractivity contribution in [1.82, 2.24) is 15.1 Å². The summed E-state index contributed by atoms with van der Waals surface area (Å²) in [4.78, 5) is 25.5. The van der Waals surface area contributed by atoms with Gasteiger partial charge in [-0.3, -0.25) is 9.59 Å². The Morgan fingerprint density at radius 2 is 1.86 bits per heavy atom. The van der Waals surface area contributed by atoms with Crippen LogP contribution in [0.3, 0.4) is 0 Å². The van der Waals surface area contributed by atoms with Crippen molar-refractivity contribution in [2.24, 2.45) is 0 Å². The van der Waals surface area contributed by atoms with Crippen LogP contribution in [0.15, 0.2) is 53.3 Å². The zero-order chi connectivity index (χ0) is 19.7. The molecule has 28 heavy (non-hydrogen) atoms. The average Bonchev–Trinajstić information content (AvgIpc) is 3.15. The molecule has 1 aliphatic carbocycles. The molecule has 1 aromatic heterocycles. The Morgan fingerprint density at radius 3 is 2.57 bits per heavy atom. The molecule has 1 saturated carbocycles. The van der Waals surface area contributed by atoms with Crippen LogP contribution in [0.25, 0.3) is 10.8 Å². The monoisotopic (exact) mass is 379 g/mol. The third kappa shape index (κ3) is 3.30. The number of nitrogens with zero attached hydrogens (tertiary/aromatic N) is 2. The lowest BCUT2D eigenvalue weighted by Gasteiger charge is -2.31. The fourth-order valence-electron chi connectivity index (χ4n) is 4.20. The maximum atomic E-state index is 13.8. The molecule has 0 radical (unpaired) electrons. The van der Waals surface area contributed by atoms with Gasteiger partial charge in [0.05, 0.1) is 16.6 Å². The highest BCUT2D eigenvalue weighted by molar-refractivity contribution is 5.83. The number of hydrogen-bond acceptors (Lipinski definition) is 3. The molecule has 1 fully saturated rings. The van der Waals surface area contributed by atoms with Crippen LogP contribution in [0.2, 0.25) is 0 Å². The number of aromatic nitrogens is 2. The van der Waals surface area contributed by atoms with Crippen molar-refractivity contribution in [2.75, 3.05) is 0 Å². The zero-order valence-corrected chi connectivity index (χ0v) is 15.7. The quantitative estimate of drug-likeness (QED) is 0.755. The van der Waals surface area contributed by atoms with E-state index in [4.69, 9.17) is 0 Å². The molecule has 0 unspecified atom stereocenters. The number of hydrogen-bond donors (Lipinski definition) is 1. The summed E-state index contributed by atoms with van der Waals surface area (Å²) >= 11 is 0. The molecule has 1 aliphatic rings. The predicted molar refractivity (Wildman–Crippen MR) is 105 cm³/mol. The first-order valence-corrected chi connectivity index (χ1v) is 9.52. The Morgan fingerprint density at radius 1 is 1.14 bits per heavy atom. The number of fused-ring (bicyclic) bond motifs is 1. The van der Waals surface area contributed by atoms with Gasteiger partial charge in [0, 0.05) is 5.39 Å². The molecule has 2 aromatic carbocycles. The molecule has 0 aliphatic heterocycles. The first-order chi connectivity index (χ1) is 13.5. The van der Waals surface area contributed by atoms with Crippen LogP contribution in [0, 0.1) is 12.7 Å². The average molecular weight is 379 g/mol. The molecular weight excluding hydrogens is 357 g/mol. The smallest absolute Gasteiger partial charge is 0.275 e. The standard InChI is InChI=1S/C22H22FN3O2/c1-15-18-9-2-3-10-19(18)21(28)26(25-15)14-20(27)24-22(11-4-5-12-22)16-7-6-8-17(23)13-16/h2-3,6-10,13H,4-5,11-12,14H2,1H3,(H,24,27). The van der Waals surface area contributed by atoms with E-state index in [-0.39, 0.29) is 23.8 Å². The van der Waals surface area contributed by atoms with E-state index in [1.54, 1.807) is 18.2 Å². The van der Waals surface area contributed by atoms with Crippen LogP contribution in [0.1, 0.15) is 36.9 Å². The minimum Gasteiger partial charge on any atom is -0.345 e. The Hall–Kier alpha value is -3.02. The van der Waals surface area contributed by atoms with Crippen molar-refractivity contribution in [3.63, 3.8) is 0 Å². The Balaban J connectivity index is 1.63. The van der Waals surface area contributed by atoms with Crippen LogP contribution in [-0.2, 0) is 16.9 Å². The molecule has 5 nitrogen and oxygen atoms in total. The van der Waals surface area contributed by atoms with E-state index < -0.39 is 5.54 Å². The number of nitrogens with one attached hydrogen (secondary N) is 1. The van der Waals surface area contributed by atoms with E-state index in [0.717, 1.165) is 36.6 Å². The molecule has 144 valence electrons. The second kappa shape index (κ2) is 7.19. The number of rotatable bonds is 4. The van der Waals surface area contributed by atoms with Crippen molar-refractivity contribution in [1.29, 1.82) is 0 Å². The lowest BCUT2D eigenvalue weighted by molar-refractivity contribution is -0.124. The van der Waals surface area contributed by atoms with Crippen molar-refractivity contribution >= 4 is 16.7 Å². The maximum Gasteiger partial charge on any atom is 0.275 e. The fourth-order valence-corrected chi connectivity index (χ4v) is 4.20. The van der Waals surface area contributed by atoms with Crippen molar-refractivity contribution in [2.45, 2.75) is 44.7 Å². The molecular formula is C22H22FN3O2. The van der Waals surface area contributed by atoms with E-state index in [9.17, 15) is 14.0 Å². The van der Waals surface area contributed by atoms with E-state index in [1.807, 2.05) is 25.1 Å². The van der Waals surface area contributed by atoms with Gasteiger partial charge in [0.25, 0.3) is 5.56 Å². The number of carbonyl (C=O) groups is 1. The summed E-state index contributed by atoms with van der Waals surface area (Å²) in [6.07, 6.45) is 3.43. The van der Waals surface area contributed by atoms with Gasteiger partial charge in [-0.25, -0.2) is 9.07 Å². The highest BCUT2D eigenvalue weighted by atomic mass is 19.1. The van der Waals surface area contributed by atoms with Crippen molar-refractivity contribution < 1.29 is 9.18 Å². The van der Waals surface area contributed by atoms with Crippen LogP contribution >= 0.6 is 0 Å². The lowest BCUT2D eigenvalue weighted by atomic mass is 9.88. The van der Waals surface area contributed by atoms with Crippen LogP contribution in [0.5, 0.6) is 0 Å². The summed E-state index contributed by atoms with van der Waals surface area (Å²) in [5.41, 5.74) is 0.592. The second-order valence-electron chi connectivity index (χ2n) is 7.44. The third-order valence-electron chi connectivity index (χ3n) is 5.56. The van der Waals surface area contributed by atoms with Crippen molar-refractivity contribution in [3.8, 4) is 0 Å². The highest BCUT2D eigenvalue weighted by Gasteiger charge is 2.37. The van der Waals surface area contributed by atoms with Crippen LogP contribution in [0.4, 0.5) is 4.39 Å². The molecule has 0 spiro atoms. The largest absolute Gasteiger partial charge is 0.345 e. The summed E-state index contributed by atoms with van der Waals surface area (Å²) < 4.78 is 15.0. The zero-order valence-electron chi connectivity index (χ0n) is 15.7. The van der Waals surface area contributed by atoms with E-state index in [1.165, 1.54) is 16.8 Å². The summed E-state index contributed by atoms with van der Waals surface area (Å²) in [6, 6.07) is 13.6. The second-order valence-corrected chi connectivity index (χ2v) is 7.44. The first-order valence-electron chi connectivity index (χ1n) is 9.52. The summed E-state index contributed by atoms with van der Waals surface area (Å²) in [5, 5.41) is 8.72. The van der Waals surface area contributed by atoms with Gasteiger partial charge < -0.3 is 5.32 Å². The first kappa shape index (κ1) is 18.3. The molecule has 3 aromatic rings. The van der Waals surface area contributed by atoms with Gasteiger partial charge in [-0.05, 0) is 43.5 Å². The van der Waals surface area contributed by atoms with E-state index >= 15 is 0 Å². The molecule has 6 heteroatoms. The minimum absolute atomic E-state index is 0.165. The number of carbonyl (C=O) groups excluding carboxylic acids is 1. The number of halogens is 1. The van der Waals surface area contributed by atoms with Gasteiger partial charge >= 0.3 is 0 Å². The fraction of sp³-hybridized carbons (Fsp3) is 0.318. The molecule has 0 saturated heterocycles. The molecule has 1 N–H and O–H groups in total. The van der Waals surface area contributed by atoms with Gasteiger partial charge in [0.2, 0.25) is 5.91 Å². The molecule has 1 amide bonds. The number of benzene rings is 2. The van der Waals surface area contributed by atoms with E-state index in [2.05, 4.69) is 10.4 Å². The van der Waals surface area contributed by atoms with Gasteiger partial charge in [0.15, 0.2) is 0 Å². The molecule has 4 rings (SSSR count). The Kier molecular flexibility index (Phi) is 4.71. The maximum absolute atomic E-state index is 13.8. The minimum atomic E-state index is -0.589. The Bertz CT molecular complexity index is 1100. The van der Waals surface area contributed by atoms with E-state index in [0.29, 0.717) is 11.1 Å².